The average molecular weight is 318 g/mol. The number of ether oxygens (including phenoxy) is 1. The van der Waals surface area contributed by atoms with Crippen molar-refractivity contribution in [3.8, 4) is 0 Å². The van der Waals surface area contributed by atoms with E-state index in [0.717, 1.165) is 11.3 Å². The van der Waals surface area contributed by atoms with Crippen molar-refractivity contribution in [2.45, 2.75) is 31.2 Å². The number of nitrogens with one attached hydrogen (secondary N) is 1. The van der Waals surface area contributed by atoms with Crippen LogP contribution in [0.3, 0.4) is 0 Å². The van der Waals surface area contributed by atoms with Gasteiger partial charge < -0.3 is 20.1 Å². The quantitative estimate of drug-likeness (QED) is 0.863. The number of amides is 2. The van der Waals surface area contributed by atoms with Gasteiger partial charge in [0.05, 0.1) is 12.1 Å². The van der Waals surface area contributed by atoms with Crippen molar-refractivity contribution in [1.29, 1.82) is 0 Å². The van der Waals surface area contributed by atoms with Crippen molar-refractivity contribution >= 4 is 17.5 Å². The van der Waals surface area contributed by atoms with Crippen LogP contribution in [-0.2, 0) is 16.0 Å². The van der Waals surface area contributed by atoms with Crippen molar-refractivity contribution in [3.63, 3.8) is 0 Å². The summed E-state index contributed by atoms with van der Waals surface area (Å²) >= 11 is 0. The van der Waals surface area contributed by atoms with E-state index in [1.54, 1.807) is 18.0 Å². The first-order valence-corrected chi connectivity index (χ1v) is 7.95. The molecule has 2 N–H and O–H groups in total. The fraction of sp³-hybridized carbons (Fsp3) is 0.529. The molecular formula is C17H22N2O4. The molecule has 1 aromatic carbocycles. The minimum atomic E-state index is -0.478. The molecule has 0 spiro atoms. The van der Waals surface area contributed by atoms with Crippen LogP contribution in [0.1, 0.15) is 35.2 Å². The lowest BCUT2D eigenvalue weighted by molar-refractivity contribution is -0.118. The number of carbonyl (C=O) groups is 2. The molecule has 1 saturated heterocycles. The molecule has 2 heterocycles. The lowest BCUT2D eigenvalue weighted by Crippen LogP contribution is -2.49. The number of hydrogen-bond acceptors (Lipinski definition) is 4. The summed E-state index contributed by atoms with van der Waals surface area (Å²) in [5.41, 5.74) is 1.98. The molecule has 0 aromatic heterocycles. The summed E-state index contributed by atoms with van der Waals surface area (Å²) in [5, 5.41) is 12.3. The van der Waals surface area contributed by atoms with Gasteiger partial charge >= 0.3 is 0 Å². The second-order valence-corrected chi connectivity index (χ2v) is 6.31. The summed E-state index contributed by atoms with van der Waals surface area (Å²) in [5.74, 6) is -0.0639. The fourth-order valence-corrected chi connectivity index (χ4v) is 3.29. The molecule has 0 saturated carbocycles. The number of nitrogens with zero attached hydrogens (tertiary/aromatic N) is 1. The first-order chi connectivity index (χ1) is 11.0. The predicted molar refractivity (Wildman–Crippen MR) is 85.5 cm³/mol. The van der Waals surface area contributed by atoms with Gasteiger partial charge in [0.1, 0.15) is 0 Å². The molecule has 1 unspecified atom stereocenters. The molecule has 2 aliphatic rings. The topological polar surface area (TPSA) is 78.9 Å². The average Bonchev–Trinajstić information content (AvgIpc) is 2.99. The molecule has 2 aliphatic heterocycles. The first kappa shape index (κ1) is 16.0. The van der Waals surface area contributed by atoms with Crippen LogP contribution in [-0.4, -0.2) is 49.3 Å². The van der Waals surface area contributed by atoms with Gasteiger partial charge in [-0.05, 0) is 43.0 Å². The van der Waals surface area contributed by atoms with Gasteiger partial charge in [-0.25, -0.2) is 0 Å². The van der Waals surface area contributed by atoms with Crippen LogP contribution in [0.2, 0.25) is 0 Å². The zero-order valence-corrected chi connectivity index (χ0v) is 13.3. The normalized spacial score (nSPS) is 23.7. The summed E-state index contributed by atoms with van der Waals surface area (Å²) in [6.07, 6.45) is 2.32. The summed E-state index contributed by atoms with van der Waals surface area (Å²) in [6.45, 7) is 1.04. The van der Waals surface area contributed by atoms with E-state index in [9.17, 15) is 14.7 Å². The van der Waals surface area contributed by atoms with Crippen LogP contribution in [0.4, 0.5) is 5.69 Å². The summed E-state index contributed by atoms with van der Waals surface area (Å²) < 4.78 is 5.40. The molecule has 23 heavy (non-hydrogen) atoms. The highest BCUT2D eigenvalue weighted by Gasteiger charge is 2.36. The van der Waals surface area contributed by atoms with Crippen molar-refractivity contribution < 1.29 is 19.4 Å². The van der Waals surface area contributed by atoms with Gasteiger partial charge in [0.2, 0.25) is 5.91 Å². The number of carbonyl (C=O) groups excluding carboxylic acids is 2. The maximum Gasteiger partial charge on any atom is 0.251 e. The van der Waals surface area contributed by atoms with E-state index < -0.39 is 5.54 Å². The second kappa shape index (κ2) is 6.29. The third-order valence-electron chi connectivity index (χ3n) is 4.76. The van der Waals surface area contributed by atoms with Crippen molar-refractivity contribution in [2.75, 3.05) is 31.8 Å². The molecule has 1 atom stereocenters. The Morgan fingerprint density at radius 1 is 1.43 bits per heavy atom. The Morgan fingerprint density at radius 3 is 2.96 bits per heavy atom. The summed E-state index contributed by atoms with van der Waals surface area (Å²) in [4.78, 5) is 25.9. The van der Waals surface area contributed by atoms with Crippen LogP contribution < -0.4 is 10.2 Å². The second-order valence-electron chi connectivity index (χ2n) is 6.31. The molecule has 1 fully saturated rings. The number of aliphatic hydroxyl groups excluding tert-OH is 1. The van der Waals surface area contributed by atoms with Crippen LogP contribution in [0, 0.1) is 0 Å². The minimum Gasteiger partial charge on any atom is -0.396 e. The molecule has 0 aliphatic carbocycles. The maximum absolute atomic E-state index is 12.6. The smallest absolute Gasteiger partial charge is 0.251 e. The zero-order valence-electron chi connectivity index (χ0n) is 13.3. The number of hydrogen-bond donors (Lipinski definition) is 2. The minimum absolute atomic E-state index is 0.0146. The standard InChI is InChI=1S/C17H22N2O4/c1-19-14-4-2-13(10-12(14)3-5-15(19)21)16(22)18-17(6-8-20)7-9-23-11-17/h2,4,10,20H,3,5-9,11H2,1H3,(H,18,22). The molecule has 1 aromatic rings. The number of anilines is 1. The Kier molecular flexibility index (Phi) is 4.37. The molecular weight excluding hydrogens is 296 g/mol. The number of fused-ring (bicyclic) bond motifs is 1. The Balaban J connectivity index is 1.79. The zero-order chi connectivity index (χ0) is 16.4. The van der Waals surface area contributed by atoms with Gasteiger partial charge in [0, 0.05) is 37.9 Å². The molecule has 124 valence electrons. The van der Waals surface area contributed by atoms with E-state index in [1.807, 2.05) is 12.1 Å². The van der Waals surface area contributed by atoms with Crippen molar-refractivity contribution in [2.24, 2.45) is 0 Å². The highest BCUT2D eigenvalue weighted by atomic mass is 16.5. The van der Waals surface area contributed by atoms with Crippen LogP contribution in [0.15, 0.2) is 18.2 Å². The Bertz CT molecular complexity index is 623. The Labute approximate surface area is 135 Å². The van der Waals surface area contributed by atoms with Gasteiger partial charge in [0.15, 0.2) is 0 Å². The van der Waals surface area contributed by atoms with Crippen LogP contribution in [0.25, 0.3) is 0 Å². The van der Waals surface area contributed by atoms with E-state index >= 15 is 0 Å². The van der Waals surface area contributed by atoms with E-state index in [4.69, 9.17) is 4.74 Å². The Morgan fingerprint density at radius 2 is 2.26 bits per heavy atom. The van der Waals surface area contributed by atoms with Crippen LogP contribution >= 0.6 is 0 Å². The van der Waals surface area contributed by atoms with Crippen LogP contribution in [0.5, 0.6) is 0 Å². The van der Waals surface area contributed by atoms with Crippen molar-refractivity contribution in [1.82, 2.24) is 5.32 Å². The van der Waals surface area contributed by atoms with Gasteiger partial charge in [-0.3, -0.25) is 9.59 Å². The number of aryl methyl sites for hydroxylation is 1. The van der Waals surface area contributed by atoms with E-state index in [0.29, 0.717) is 44.5 Å². The highest BCUT2D eigenvalue weighted by Crippen LogP contribution is 2.28. The van der Waals surface area contributed by atoms with Gasteiger partial charge in [-0.2, -0.15) is 0 Å². The largest absolute Gasteiger partial charge is 0.396 e. The molecule has 0 bridgehead atoms. The number of aliphatic hydroxyl groups is 1. The molecule has 3 rings (SSSR count). The summed E-state index contributed by atoms with van der Waals surface area (Å²) in [6, 6.07) is 5.42. The number of rotatable bonds is 4. The Hall–Kier alpha value is -1.92. The lowest BCUT2D eigenvalue weighted by Gasteiger charge is -2.29. The first-order valence-electron chi connectivity index (χ1n) is 7.95. The molecule has 2 amide bonds. The van der Waals surface area contributed by atoms with Gasteiger partial charge in [0.25, 0.3) is 5.91 Å². The van der Waals surface area contributed by atoms with E-state index in [1.165, 1.54) is 0 Å². The lowest BCUT2D eigenvalue weighted by atomic mass is 9.93. The fourth-order valence-electron chi connectivity index (χ4n) is 3.29. The SMILES string of the molecule is CN1C(=O)CCc2cc(C(=O)NC3(CCO)CCOC3)ccc21. The number of benzene rings is 1. The van der Waals surface area contributed by atoms with Gasteiger partial charge in [-0.1, -0.05) is 0 Å². The summed E-state index contributed by atoms with van der Waals surface area (Å²) in [7, 11) is 1.76. The van der Waals surface area contributed by atoms with Gasteiger partial charge in [-0.15, -0.1) is 0 Å². The molecule has 6 nitrogen and oxygen atoms in total. The monoisotopic (exact) mass is 318 g/mol. The van der Waals surface area contributed by atoms with E-state index in [2.05, 4.69) is 5.32 Å². The molecule has 6 heteroatoms. The predicted octanol–water partition coefficient (Wildman–Crippen LogP) is 0.867. The maximum atomic E-state index is 12.6. The highest BCUT2D eigenvalue weighted by molar-refractivity contribution is 5.99. The van der Waals surface area contributed by atoms with E-state index in [-0.39, 0.29) is 18.4 Å². The third-order valence-corrected chi connectivity index (χ3v) is 4.76. The third kappa shape index (κ3) is 3.09. The molecule has 0 radical (unpaired) electrons. The van der Waals surface area contributed by atoms with Crippen molar-refractivity contribution in [3.05, 3.63) is 29.3 Å².